The number of rotatable bonds is 2. The number of aryl methyl sites for hydroxylation is 1. The van der Waals surface area contributed by atoms with Crippen molar-refractivity contribution >= 4 is 78.5 Å². The molecule has 1 aliphatic carbocycles. The topological polar surface area (TPSA) is 0 Å². The molecule has 1 aliphatic rings. The highest BCUT2D eigenvalue weighted by Gasteiger charge is 2.50. The van der Waals surface area contributed by atoms with Crippen molar-refractivity contribution in [2.24, 2.45) is 0 Å². The van der Waals surface area contributed by atoms with Gasteiger partial charge in [0.15, 0.2) is 0 Å². The summed E-state index contributed by atoms with van der Waals surface area (Å²) < 4.78 is 0. The highest BCUT2D eigenvalue weighted by atomic mass is 35.8. The smallest absolute Gasteiger partial charge is 0.125 e. The van der Waals surface area contributed by atoms with E-state index >= 15 is 0 Å². The fourth-order valence-corrected chi connectivity index (χ4v) is 9.97. The molecule has 0 saturated carbocycles. The zero-order valence-corrected chi connectivity index (χ0v) is 18.5. The van der Waals surface area contributed by atoms with Crippen molar-refractivity contribution in [2.45, 2.75) is 18.0 Å². The van der Waals surface area contributed by atoms with Gasteiger partial charge in [-0.2, -0.15) is 0 Å². The molecule has 0 aromatic heterocycles. The Hall–Kier alpha value is 0.614. The van der Waals surface area contributed by atoms with E-state index < -0.39 is 12.0 Å². The summed E-state index contributed by atoms with van der Waals surface area (Å²) >= 11 is 38.7. The molecule has 2 unspecified atom stereocenters. The summed E-state index contributed by atoms with van der Waals surface area (Å²) in [6, 6.07) is 7.80. The van der Waals surface area contributed by atoms with E-state index in [1.54, 1.807) is 0 Å². The molecule has 0 aliphatic heterocycles. The lowest BCUT2D eigenvalue weighted by atomic mass is 9.84. The summed E-state index contributed by atoms with van der Waals surface area (Å²) in [5.41, 5.74) is 4.50. The summed E-state index contributed by atoms with van der Waals surface area (Å²) in [5, 5.41) is 0. The van der Waals surface area contributed by atoms with Gasteiger partial charge < -0.3 is 0 Å². The van der Waals surface area contributed by atoms with Crippen molar-refractivity contribution in [2.75, 3.05) is 0 Å². The number of fused-ring (bicyclic) bond motifs is 2. The van der Waals surface area contributed by atoms with Gasteiger partial charge >= 0.3 is 12.0 Å². The lowest BCUT2D eigenvalue weighted by molar-refractivity contribution is 0.935. The van der Waals surface area contributed by atoms with Crippen molar-refractivity contribution in [3.05, 3.63) is 70.3 Å². The van der Waals surface area contributed by atoms with Gasteiger partial charge in [0.05, 0.1) is 0 Å². The SMILES string of the molecule is Cc1ccc2c(c1)C([Si](Cl)(Cl)Cl)c1ccccc1C2[Si](Cl)(Cl)Cl. The van der Waals surface area contributed by atoms with E-state index in [0.717, 1.165) is 27.8 Å². The second-order valence-corrected chi connectivity index (χ2v) is 23.2. The molecular formula is C15H12Cl6Si2. The summed E-state index contributed by atoms with van der Waals surface area (Å²) in [6.07, 6.45) is 0. The number of hydrogen-bond acceptors (Lipinski definition) is 0. The largest absolute Gasteiger partial charge is 0.352 e. The van der Waals surface area contributed by atoms with E-state index in [-0.39, 0.29) is 11.1 Å². The minimum Gasteiger partial charge on any atom is -0.125 e. The normalized spacial score (nSPS) is 20.8. The first-order valence-corrected chi connectivity index (χ1v) is 17.2. The molecular weight excluding hydrogens is 449 g/mol. The van der Waals surface area contributed by atoms with E-state index in [2.05, 4.69) is 6.07 Å². The van der Waals surface area contributed by atoms with Crippen LogP contribution >= 0.6 is 66.5 Å². The Bertz CT molecular complexity index is 750. The Labute approximate surface area is 165 Å². The molecule has 3 rings (SSSR count). The number of benzene rings is 2. The summed E-state index contributed by atoms with van der Waals surface area (Å²) in [7, 11) is 0. The van der Waals surface area contributed by atoms with Gasteiger partial charge in [0.2, 0.25) is 0 Å². The van der Waals surface area contributed by atoms with Crippen molar-refractivity contribution in [1.29, 1.82) is 0 Å². The van der Waals surface area contributed by atoms with Crippen LogP contribution in [-0.4, -0.2) is 12.0 Å². The first-order chi connectivity index (χ1) is 10.6. The average molecular weight is 461 g/mol. The minimum atomic E-state index is -3.07. The molecule has 122 valence electrons. The third-order valence-electron chi connectivity index (χ3n) is 4.14. The molecule has 0 nitrogen and oxygen atoms in total. The second kappa shape index (κ2) is 6.40. The molecule has 0 fully saturated rings. The van der Waals surface area contributed by atoms with Crippen LogP contribution in [0, 0.1) is 6.92 Å². The quantitative estimate of drug-likeness (QED) is 0.335. The van der Waals surface area contributed by atoms with Gasteiger partial charge in [-0.3, -0.25) is 0 Å². The maximum Gasteiger partial charge on any atom is 0.352 e. The molecule has 0 amide bonds. The van der Waals surface area contributed by atoms with Crippen LogP contribution < -0.4 is 0 Å². The van der Waals surface area contributed by atoms with Gasteiger partial charge in [0.25, 0.3) is 0 Å². The third-order valence-corrected chi connectivity index (χ3v) is 10.6. The molecule has 0 N–H and O–H groups in total. The molecule has 8 heteroatoms. The Morgan fingerprint density at radius 2 is 1.09 bits per heavy atom. The highest BCUT2D eigenvalue weighted by Crippen LogP contribution is 2.54. The summed E-state index contributed by atoms with van der Waals surface area (Å²) in [4.78, 5) is 0. The average Bonchev–Trinajstić information content (AvgIpc) is 2.41. The Kier molecular flexibility index (Phi) is 5.13. The first kappa shape index (κ1) is 18.4. The Morgan fingerprint density at radius 3 is 1.57 bits per heavy atom. The Balaban J connectivity index is 2.36. The van der Waals surface area contributed by atoms with Crippen LogP contribution in [0.1, 0.15) is 38.9 Å². The third kappa shape index (κ3) is 3.47. The fourth-order valence-electron chi connectivity index (χ4n) is 3.28. The maximum atomic E-state index is 6.46. The van der Waals surface area contributed by atoms with Crippen LogP contribution in [0.3, 0.4) is 0 Å². The number of hydrogen-bond donors (Lipinski definition) is 0. The zero-order valence-electron chi connectivity index (χ0n) is 12.0. The van der Waals surface area contributed by atoms with Crippen LogP contribution in [0.15, 0.2) is 42.5 Å². The van der Waals surface area contributed by atoms with Gasteiger partial charge in [-0.1, -0.05) is 48.0 Å². The van der Waals surface area contributed by atoms with Crippen LogP contribution in [-0.2, 0) is 0 Å². The lowest BCUT2D eigenvalue weighted by Gasteiger charge is -2.38. The highest BCUT2D eigenvalue weighted by molar-refractivity contribution is 7.66. The van der Waals surface area contributed by atoms with Crippen molar-refractivity contribution in [3.63, 3.8) is 0 Å². The lowest BCUT2D eigenvalue weighted by Crippen LogP contribution is -2.36. The molecule has 0 bridgehead atoms. The predicted octanol–water partition coefficient (Wildman–Crippen LogP) is 6.96. The zero-order chi connectivity index (χ0) is 17.0. The van der Waals surface area contributed by atoms with Crippen molar-refractivity contribution in [1.82, 2.24) is 0 Å². The monoisotopic (exact) mass is 458 g/mol. The van der Waals surface area contributed by atoms with E-state index in [0.29, 0.717) is 0 Å². The maximum absolute atomic E-state index is 6.46. The Morgan fingerprint density at radius 1 is 0.652 bits per heavy atom. The molecule has 2 aromatic rings. The van der Waals surface area contributed by atoms with Crippen molar-refractivity contribution < 1.29 is 0 Å². The predicted molar refractivity (Wildman–Crippen MR) is 108 cm³/mol. The van der Waals surface area contributed by atoms with Crippen LogP contribution in [0.4, 0.5) is 0 Å². The minimum absolute atomic E-state index is 0.253. The number of halogens is 6. The van der Waals surface area contributed by atoms with Crippen molar-refractivity contribution in [3.8, 4) is 0 Å². The van der Waals surface area contributed by atoms with E-state index in [1.807, 2.05) is 43.3 Å². The van der Waals surface area contributed by atoms with Crippen LogP contribution in [0.5, 0.6) is 0 Å². The van der Waals surface area contributed by atoms with Gasteiger partial charge in [0.1, 0.15) is 0 Å². The standard InChI is InChI=1S/C15H12Cl6Si2/c1-9-6-7-12-13(8-9)15(23(19,20)21)11-5-3-2-4-10(11)14(12)22(16,17)18/h2-8,14-15H,1H3. The van der Waals surface area contributed by atoms with Gasteiger partial charge in [0, 0.05) is 11.1 Å². The van der Waals surface area contributed by atoms with Gasteiger partial charge in [-0.05, 0) is 29.2 Å². The van der Waals surface area contributed by atoms with E-state index in [4.69, 9.17) is 66.5 Å². The molecule has 2 aromatic carbocycles. The molecule has 0 spiro atoms. The van der Waals surface area contributed by atoms with E-state index in [9.17, 15) is 0 Å². The van der Waals surface area contributed by atoms with E-state index in [1.165, 1.54) is 0 Å². The molecule has 0 radical (unpaired) electrons. The van der Waals surface area contributed by atoms with Crippen LogP contribution in [0.25, 0.3) is 0 Å². The summed E-state index contributed by atoms with van der Waals surface area (Å²) in [5.74, 6) is 0. The molecule has 23 heavy (non-hydrogen) atoms. The second-order valence-electron chi connectivity index (χ2n) is 5.71. The summed E-state index contributed by atoms with van der Waals surface area (Å²) in [6.45, 7) is 2.01. The van der Waals surface area contributed by atoms with Gasteiger partial charge in [-0.15, -0.1) is 66.5 Å². The van der Waals surface area contributed by atoms with Crippen LogP contribution in [0.2, 0.25) is 0 Å². The first-order valence-electron chi connectivity index (χ1n) is 6.93. The van der Waals surface area contributed by atoms with Gasteiger partial charge in [-0.25, -0.2) is 0 Å². The molecule has 2 atom stereocenters. The molecule has 0 heterocycles. The fraction of sp³-hybridized carbons (Fsp3) is 0.200. The molecule has 0 saturated heterocycles.